The lowest BCUT2D eigenvalue weighted by Gasteiger charge is -2.26. The van der Waals surface area contributed by atoms with Crippen molar-refractivity contribution in [2.24, 2.45) is 10.9 Å². The van der Waals surface area contributed by atoms with Gasteiger partial charge in [0.1, 0.15) is 12.0 Å². The number of nitrogens with one attached hydrogen (secondary N) is 1. The van der Waals surface area contributed by atoms with Crippen LogP contribution in [0.15, 0.2) is 35.7 Å². The van der Waals surface area contributed by atoms with E-state index in [0.717, 1.165) is 5.82 Å². The molecular weight excluding hydrogens is 212 g/mol. The Morgan fingerprint density at radius 2 is 2.06 bits per heavy atom. The second-order valence-electron chi connectivity index (χ2n) is 4.58. The molecule has 0 bridgehead atoms. The fourth-order valence-electron chi connectivity index (χ4n) is 2.81. The number of aromatic nitrogens is 2. The molecule has 1 aromatic heterocycles. The van der Waals surface area contributed by atoms with Crippen molar-refractivity contribution < 1.29 is 0 Å². The van der Waals surface area contributed by atoms with Crippen molar-refractivity contribution in [1.82, 2.24) is 15.3 Å². The van der Waals surface area contributed by atoms with Gasteiger partial charge in [-0.15, -0.1) is 0 Å². The Balaban J connectivity index is 1.80. The van der Waals surface area contributed by atoms with Crippen LogP contribution in [0.25, 0.3) is 0 Å². The summed E-state index contributed by atoms with van der Waals surface area (Å²) in [6.07, 6.45) is 13.2. The van der Waals surface area contributed by atoms with Crippen LogP contribution < -0.4 is 5.32 Å². The SMILES string of the molecule is C1=CNC(C2CCCC2c2ncccn2)N=C1. The van der Waals surface area contributed by atoms with Crippen LogP contribution in [0.5, 0.6) is 0 Å². The van der Waals surface area contributed by atoms with E-state index in [-0.39, 0.29) is 6.17 Å². The minimum Gasteiger partial charge on any atom is -0.370 e. The first-order valence-electron chi connectivity index (χ1n) is 6.16. The van der Waals surface area contributed by atoms with Crippen LogP contribution in [-0.2, 0) is 0 Å². The first-order valence-corrected chi connectivity index (χ1v) is 6.16. The first-order chi connectivity index (χ1) is 8.45. The van der Waals surface area contributed by atoms with Crippen molar-refractivity contribution in [2.45, 2.75) is 31.3 Å². The molecule has 0 amide bonds. The minimum absolute atomic E-state index is 0.191. The van der Waals surface area contributed by atoms with E-state index in [0.29, 0.717) is 11.8 Å². The van der Waals surface area contributed by atoms with Gasteiger partial charge in [-0.05, 0) is 31.2 Å². The third-order valence-corrected chi connectivity index (χ3v) is 3.59. The van der Waals surface area contributed by atoms with Gasteiger partial charge in [-0.3, -0.25) is 4.99 Å². The fraction of sp³-hybridized carbons (Fsp3) is 0.462. The molecule has 0 saturated heterocycles. The smallest absolute Gasteiger partial charge is 0.131 e. The van der Waals surface area contributed by atoms with E-state index >= 15 is 0 Å². The van der Waals surface area contributed by atoms with E-state index in [1.165, 1.54) is 19.3 Å². The lowest BCUT2D eigenvalue weighted by Crippen LogP contribution is -2.34. The standard InChI is InChI=1S/C13H16N4/c1-4-10(12-14-6-2-7-15-12)11(5-1)13-16-8-3-9-17-13/h2-3,6-12,14H,1,4-5H2. The Hall–Kier alpha value is -1.71. The summed E-state index contributed by atoms with van der Waals surface area (Å²) in [5.41, 5.74) is 0. The number of rotatable bonds is 2. The molecule has 4 nitrogen and oxygen atoms in total. The van der Waals surface area contributed by atoms with E-state index in [1.54, 1.807) is 0 Å². The lowest BCUT2D eigenvalue weighted by atomic mass is 9.92. The van der Waals surface area contributed by atoms with Gasteiger partial charge in [0, 0.05) is 30.4 Å². The third-order valence-electron chi connectivity index (χ3n) is 3.59. The van der Waals surface area contributed by atoms with Gasteiger partial charge in [0.25, 0.3) is 0 Å². The predicted octanol–water partition coefficient (Wildman–Crippen LogP) is 1.87. The molecule has 0 aromatic carbocycles. The van der Waals surface area contributed by atoms with Crippen molar-refractivity contribution in [2.75, 3.05) is 0 Å². The molecule has 17 heavy (non-hydrogen) atoms. The number of nitrogens with zero attached hydrogens (tertiary/aromatic N) is 3. The number of allylic oxidation sites excluding steroid dienone is 1. The minimum atomic E-state index is 0.191. The van der Waals surface area contributed by atoms with Gasteiger partial charge in [-0.25, -0.2) is 9.97 Å². The molecule has 88 valence electrons. The highest BCUT2D eigenvalue weighted by molar-refractivity contribution is 5.71. The Bertz CT molecular complexity index is 426. The van der Waals surface area contributed by atoms with Crippen LogP contribution in [0, 0.1) is 5.92 Å². The molecule has 1 aromatic rings. The molecule has 3 unspecified atom stereocenters. The van der Waals surface area contributed by atoms with Crippen LogP contribution in [-0.4, -0.2) is 22.3 Å². The van der Waals surface area contributed by atoms with Crippen molar-refractivity contribution in [3.05, 3.63) is 36.6 Å². The Kier molecular flexibility index (Phi) is 2.86. The molecule has 2 heterocycles. The molecular formula is C13H16N4. The summed E-state index contributed by atoms with van der Waals surface area (Å²) in [6.45, 7) is 0. The molecule has 4 heteroatoms. The van der Waals surface area contributed by atoms with Gasteiger partial charge in [0.15, 0.2) is 0 Å². The maximum Gasteiger partial charge on any atom is 0.131 e. The van der Waals surface area contributed by atoms with Crippen LogP contribution in [0.3, 0.4) is 0 Å². The largest absolute Gasteiger partial charge is 0.370 e. The van der Waals surface area contributed by atoms with Gasteiger partial charge < -0.3 is 5.32 Å². The van der Waals surface area contributed by atoms with Crippen molar-refractivity contribution in [1.29, 1.82) is 0 Å². The predicted molar refractivity (Wildman–Crippen MR) is 66.7 cm³/mol. The normalized spacial score (nSPS) is 31.4. The van der Waals surface area contributed by atoms with Gasteiger partial charge in [0.05, 0.1) is 0 Å². The maximum atomic E-state index is 4.51. The van der Waals surface area contributed by atoms with Gasteiger partial charge >= 0.3 is 0 Å². The Morgan fingerprint density at radius 1 is 1.18 bits per heavy atom. The topological polar surface area (TPSA) is 50.2 Å². The van der Waals surface area contributed by atoms with Crippen LogP contribution in [0.4, 0.5) is 0 Å². The fourth-order valence-corrected chi connectivity index (χ4v) is 2.81. The molecule has 1 saturated carbocycles. The van der Waals surface area contributed by atoms with E-state index in [2.05, 4.69) is 20.3 Å². The molecule has 0 radical (unpaired) electrons. The number of hydrogen-bond acceptors (Lipinski definition) is 4. The molecule has 2 aliphatic rings. The molecule has 0 spiro atoms. The van der Waals surface area contributed by atoms with Crippen LogP contribution in [0.2, 0.25) is 0 Å². The summed E-state index contributed by atoms with van der Waals surface area (Å²) in [5, 5.41) is 3.33. The number of hydrogen-bond donors (Lipinski definition) is 1. The van der Waals surface area contributed by atoms with E-state index in [9.17, 15) is 0 Å². The zero-order chi connectivity index (χ0) is 11.5. The zero-order valence-electron chi connectivity index (χ0n) is 9.66. The Morgan fingerprint density at radius 3 is 2.82 bits per heavy atom. The molecule has 1 aliphatic carbocycles. The highest BCUT2D eigenvalue weighted by Gasteiger charge is 2.35. The summed E-state index contributed by atoms with van der Waals surface area (Å²) in [6, 6.07) is 1.87. The van der Waals surface area contributed by atoms with Gasteiger partial charge in [0.2, 0.25) is 0 Å². The summed E-state index contributed by atoms with van der Waals surface area (Å²) < 4.78 is 0. The summed E-state index contributed by atoms with van der Waals surface area (Å²) >= 11 is 0. The second kappa shape index (κ2) is 4.65. The zero-order valence-corrected chi connectivity index (χ0v) is 9.66. The highest BCUT2D eigenvalue weighted by atomic mass is 15.1. The van der Waals surface area contributed by atoms with Gasteiger partial charge in [-0.2, -0.15) is 0 Å². The third kappa shape index (κ3) is 2.07. The maximum absolute atomic E-state index is 4.51. The number of aliphatic imine (C=N–C) groups is 1. The van der Waals surface area contributed by atoms with Crippen molar-refractivity contribution in [3.8, 4) is 0 Å². The van der Waals surface area contributed by atoms with Gasteiger partial charge in [-0.1, -0.05) is 6.42 Å². The molecule has 3 rings (SSSR count). The van der Waals surface area contributed by atoms with Crippen LogP contribution in [0.1, 0.15) is 31.0 Å². The van der Waals surface area contributed by atoms with Crippen molar-refractivity contribution in [3.63, 3.8) is 0 Å². The molecule has 3 atom stereocenters. The summed E-state index contributed by atoms with van der Waals surface area (Å²) in [4.78, 5) is 13.3. The van der Waals surface area contributed by atoms with Crippen molar-refractivity contribution >= 4 is 6.21 Å². The van der Waals surface area contributed by atoms with Crippen LogP contribution >= 0.6 is 0 Å². The monoisotopic (exact) mass is 228 g/mol. The second-order valence-corrected chi connectivity index (χ2v) is 4.58. The average Bonchev–Trinajstić information content (AvgIpc) is 2.90. The van der Waals surface area contributed by atoms with E-state index < -0.39 is 0 Å². The average molecular weight is 228 g/mol. The highest BCUT2D eigenvalue weighted by Crippen LogP contribution is 2.40. The summed E-state index contributed by atoms with van der Waals surface area (Å²) in [5.74, 6) is 1.93. The Labute approximate surface area is 101 Å². The van der Waals surface area contributed by atoms with E-state index in [1.807, 2.05) is 37.0 Å². The summed E-state index contributed by atoms with van der Waals surface area (Å²) in [7, 11) is 0. The lowest BCUT2D eigenvalue weighted by molar-refractivity contribution is 0.357. The first kappa shape index (κ1) is 10.4. The molecule has 1 N–H and O–H groups in total. The quantitative estimate of drug-likeness (QED) is 0.840. The molecule has 1 aliphatic heterocycles. The molecule has 1 fully saturated rings. The van der Waals surface area contributed by atoms with E-state index in [4.69, 9.17) is 0 Å².